The number of methoxy groups -OCH3 is 1. The summed E-state index contributed by atoms with van der Waals surface area (Å²) in [6, 6.07) is 18.1. The first-order valence-electron chi connectivity index (χ1n) is 10.7. The number of nitrogens with one attached hydrogen (secondary N) is 1. The van der Waals surface area contributed by atoms with Crippen molar-refractivity contribution in [2.75, 3.05) is 13.7 Å². The third kappa shape index (κ3) is 7.80. The first-order valence-corrected chi connectivity index (χ1v) is 10.7. The minimum Gasteiger partial charge on any atom is -0.497 e. The number of hydrazone groups is 1. The number of rotatable bonds is 10. The Kier molecular flexibility index (Phi) is 8.88. The van der Waals surface area contributed by atoms with Crippen LogP contribution in [0.2, 0.25) is 0 Å². The maximum Gasteiger partial charge on any atom is 0.336 e. The standard InChI is InChI=1S/C26H23N3O7/c1-18-3-13-24(23(15-18)29(32)33)35-17-25(30)28-27-16-20-6-11-22(12-7-20)36-26(31)14-8-19-4-9-21(34-2)10-5-19/h3-16H,17H2,1-2H3,(H,28,30)/b14-8+,27-16-. The average molecular weight is 489 g/mol. The van der Waals surface area contributed by atoms with Crippen LogP contribution in [0, 0.1) is 17.0 Å². The van der Waals surface area contributed by atoms with Crippen LogP contribution in [-0.2, 0) is 9.59 Å². The normalized spacial score (nSPS) is 10.8. The molecule has 0 saturated heterocycles. The van der Waals surface area contributed by atoms with Crippen molar-refractivity contribution in [2.24, 2.45) is 5.10 Å². The zero-order valence-electron chi connectivity index (χ0n) is 19.5. The molecule has 0 atom stereocenters. The topological polar surface area (TPSA) is 129 Å². The highest BCUT2D eigenvalue weighted by molar-refractivity contribution is 5.89. The number of nitro benzene ring substituents is 1. The second-order valence-electron chi connectivity index (χ2n) is 7.41. The van der Waals surface area contributed by atoms with Crippen molar-refractivity contribution >= 4 is 29.9 Å². The number of hydrogen-bond donors (Lipinski definition) is 1. The summed E-state index contributed by atoms with van der Waals surface area (Å²) in [5.41, 5.74) is 4.23. The molecule has 0 fully saturated rings. The summed E-state index contributed by atoms with van der Waals surface area (Å²) < 4.78 is 15.6. The third-order valence-corrected chi connectivity index (χ3v) is 4.70. The van der Waals surface area contributed by atoms with Crippen molar-refractivity contribution in [3.05, 3.63) is 99.6 Å². The first kappa shape index (κ1) is 25.6. The van der Waals surface area contributed by atoms with Gasteiger partial charge in [0.25, 0.3) is 5.91 Å². The summed E-state index contributed by atoms with van der Waals surface area (Å²) in [6.07, 6.45) is 4.34. The van der Waals surface area contributed by atoms with Gasteiger partial charge in [-0.2, -0.15) is 5.10 Å². The summed E-state index contributed by atoms with van der Waals surface area (Å²) in [6.45, 7) is 1.27. The second-order valence-corrected chi connectivity index (χ2v) is 7.41. The van der Waals surface area contributed by atoms with E-state index in [4.69, 9.17) is 14.2 Å². The summed E-state index contributed by atoms with van der Waals surface area (Å²) in [4.78, 5) is 34.5. The number of nitro groups is 1. The number of ether oxygens (including phenoxy) is 3. The van der Waals surface area contributed by atoms with E-state index in [2.05, 4.69) is 10.5 Å². The quantitative estimate of drug-likeness (QED) is 0.114. The molecule has 0 bridgehead atoms. The van der Waals surface area contributed by atoms with Crippen LogP contribution in [0.3, 0.4) is 0 Å². The number of benzene rings is 3. The van der Waals surface area contributed by atoms with E-state index < -0.39 is 23.4 Å². The van der Waals surface area contributed by atoms with Gasteiger partial charge in [-0.1, -0.05) is 18.2 Å². The molecular formula is C26H23N3O7. The van der Waals surface area contributed by atoms with Crippen molar-refractivity contribution in [3.8, 4) is 17.2 Å². The molecule has 10 heteroatoms. The molecule has 36 heavy (non-hydrogen) atoms. The molecular weight excluding hydrogens is 466 g/mol. The Balaban J connectivity index is 1.45. The Labute approximate surface area is 207 Å². The lowest BCUT2D eigenvalue weighted by Crippen LogP contribution is -2.24. The van der Waals surface area contributed by atoms with Gasteiger partial charge >= 0.3 is 11.7 Å². The van der Waals surface area contributed by atoms with E-state index in [-0.39, 0.29) is 11.4 Å². The Bertz CT molecular complexity index is 1280. The Morgan fingerprint density at radius 3 is 2.33 bits per heavy atom. The average Bonchev–Trinajstić information content (AvgIpc) is 2.88. The van der Waals surface area contributed by atoms with Crippen LogP contribution in [0.5, 0.6) is 17.2 Å². The zero-order chi connectivity index (χ0) is 25.9. The van der Waals surface area contributed by atoms with Gasteiger partial charge in [0.15, 0.2) is 12.4 Å². The van der Waals surface area contributed by atoms with E-state index in [1.807, 2.05) is 12.1 Å². The molecule has 0 aromatic heterocycles. The third-order valence-electron chi connectivity index (χ3n) is 4.70. The van der Waals surface area contributed by atoms with Crippen LogP contribution in [0.4, 0.5) is 5.69 Å². The van der Waals surface area contributed by atoms with Gasteiger partial charge in [0.2, 0.25) is 0 Å². The highest BCUT2D eigenvalue weighted by Gasteiger charge is 2.16. The molecule has 0 heterocycles. The fraction of sp³-hybridized carbons (Fsp3) is 0.115. The van der Waals surface area contributed by atoms with E-state index >= 15 is 0 Å². The molecule has 3 aromatic carbocycles. The fourth-order valence-electron chi connectivity index (χ4n) is 2.90. The molecule has 0 aliphatic rings. The predicted octanol–water partition coefficient (Wildman–Crippen LogP) is 4.06. The molecule has 0 radical (unpaired) electrons. The second kappa shape index (κ2) is 12.5. The van der Waals surface area contributed by atoms with Crippen molar-refractivity contribution in [1.82, 2.24) is 5.43 Å². The van der Waals surface area contributed by atoms with Crippen LogP contribution in [0.25, 0.3) is 6.08 Å². The van der Waals surface area contributed by atoms with Gasteiger partial charge in [-0.15, -0.1) is 0 Å². The van der Waals surface area contributed by atoms with Crippen molar-refractivity contribution < 1.29 is 28.7 Å². The fourth-order valence-corrected chi connectivity index (χ4v) is 2.90. The molecule has 0 unspecified atom stereocenters. The monoisotopic (exact) mass is 489 g/mol. The van der Waals surface area contributed by atoms with Gasteiger partial charge in [-0.05, 0) is 72.2 Å². The summed E-state index contributed by atoms with van der Waals surface area (Å²) in [7, 11) is 1.58. The number of nitrogens with zero attached hydrogens (tertiary/aromatic N) is 2. The van der Waals surface area contributed by atoms with Gasteiger partial charge in [-0.25, -0.2) is 10.2 Å². The zero-order valence-corrected chi connectivity index (χ0v) is 19.5. The van der Waals surface area contributed by atoms with Crippen LogP contribution in [0.15, 0.2) is 77.9 Å². The maximum atomic E-state index is 12.0. The summed E-state index contributed by atoms with van der Waals surface area (Å²) in [5.74, 6) is -0.0641. The number of esters is 1. The van der Waals surface area contributed by atoms with Crippen LogP contribution in [0.1, 0.15) is 16.7 Å². The van der Waals surface area contributed by atoms with Crippen LogP contribution < -0.4 is 19.6 Å². The molecule has 10 nitrogen and oxygen atoms in total. The van der Waals surface area contributed by atoms with Gasteiger partial charge in [0.1, 0.15) is 11.5 Å². The Morgan fingerprint density at radius 2 is 1.67 bits per heavy atom. The number of carbonyl (C=O) groups excluding carboxylic acids is 2. The van der Waals surface area contributed by atoms with Crippen molar-refractivity contribution in [1.29, 1.82) is 0 Å². The molecule has 184 valence electrons. The minimum atomic E-state index is -0.588. The Hall–Kier alpha value is -4.99. The summed E-state index contributed by atoms with van der Waals surface area (Å²) in [5, 5.41) is 14.9. The van der Waals surface area contributed by atoms with E-state index in [1.54, 1.807) is 62.6 Å². The molecule has 0 spiro atoms. The summed E-state index contributed by atoms with van der Waals surface area (Å²) >= 11 is 0. The number of hydrogen-bond acceptors (Lipinski definition) is 8. The highest BCUT2D eigenvalue weighted by atomic mass is 16.6. The highest BCUT2D eigenvalue weighted by Crippen LogP contribution is 2.27. The minimum absolute atomic E-state index is 0.00582. The SMILES string of the molecule is COc1ccc(/C=C/C(=O)Oc2ccc(/C=N\NC(=O)COc3ccc(C)cc3[N+](=O)[O-])cc2)cc1. The molecule has 1 N–H and O–H groups in total. The van der Waals surface area contributed by atoms with Crippen LogP contribution in [-0.4, -0.2) is 36.7 Å². The number of amides is 1. The van der Waals surface area contributed by atoms with E-state index in [1.165, 1.54) is 24.4 Å². The predicted molar refractivity (Wildman–Crippen MR) is 133 cm³/mol. The van der Waals surface area contributed by atoms with Crippen molar-refractivity contribution in [3.63, 3.8) is 0 Å². The number of aryl methyl sites for hydroxylation is 1. The number of carbonyl (C=O) groups is 2. The van der Waals surface area contributed by atoms with Gasteiger partial charge in [0, 0.05) is 12.1 Å². The van der Waals surface area contributed by atoms with E-state index in [9.17, 15) is 19.7 Å². The smallest absolute Gasteiger partial charge is 0.336 e. The molecule has 0 aliphatic carbocycles. The lowest BCUT2D eigenvalue weighted by Gasteiger charge is -2.06. The van der Waals surface area contributed by atoms with Gasteiger partial charge in [-0.3, -0.25) is 14.9 Å². The molecule has 0 saturated carbocycles. The van der Waals surface area contributed by atoms with E-state index in [0.717, 1.165) is 11.3 Å². The first-order chi connectivity index (χ1) is 17.3. The molecule has 0 aliphatic heterocycles. The van der Waals surface area contributed by atoms with E-state index in [0.29, 0.717) is 16.9 Å². The van der Waals surface area contributed by atoms with Crippen molar-refractivity contribution in [2.45, 2.75) is 6.92 Å². The maximum absolute atomic E-state index is 12.0. The van der Waals surface area contributed by atoms with Gasteiger partial charge in [0.05, 0.1) is 18.2 Å². The van der Waals surface area contributed by atoms with Gasteiger partial charge < -0.3 is 14.2 Å². The lowest BCUT2D eigenvalue weighted by molar-refractivity contribution is -0.385. The lowest BCUT2D eigenvalue weighted by atomic mass is 10.2. The molecule has 3 rings (SSSR count). The molecule has 1 amide bonds. The largest absolute Gasteiger partial charge is 0.497 e. The molecule has 3 aromatic rings. The Morgan fingerprint density at radius 1 is 1.00 bits per heavy atom. The van der Waals surface area contributed by atoms with Crippen LogP contribution >= 0.6 is 0 Å².